The fraction of sp³-hybridized carbons (Fsp3) is 0.529. The molecule has 1 saturated heterocycles. The molecule has 0 bridgehead atoms. The van der Waals surface area contributed by atoms with Crippen molar-refractivity contribution in [1.29, 1.82) is 0 Å². The number of hydrogen-bond donors (Lipinski definition) is 1. The van der Waals surface area contributed by atoms with Gasteiger partial charge in [0.2, 0.25) is 0 Å². The molecular formula is C17H19I4N3O3. The van der Waals surface area contributed by atoms with Crippen LogP contribution < -0.4 is 13.2 Å². The predicted octanol–water partition coefficient (Wildman–Crippen LogP) is 4.49. The van der Waals surface area contributed by atoms with Crippen molar-refractivity contribution in [1.82, 2.24) is 10.2 Å². The molecule has 2 aliphatic heterocycles. The molecule has 6 nitrogen and oxygen atoms in total. The van der Waals surface area contributed by atoms with Crippen LogP contribution in [0.2, 0.25) is 0 Å². The number of amides is 2. The highest BCUT2D eigenvalue weighted by Gasteiger charge is 2.44. The molecule has 0 aromatic heterocycles. The zero-order chi connectivity index (χ0) is 19.9. The quantitative estimate of drug-likeness (QED) is 0.278. The first kappa shape index (κ1) is 22.5. The Balaban J connectivity index is 1.99. The Morgan fingerprint density at radius 3 is 2.70 bits per heavy atom. The van der Waals surface area contributed by atoms with Crippen molar-refractivity contribution in [2.24, 2.45) is 0 Å². The van der Waals surface area contributed by atoms with Crippen molar-refractivity contribution < 1.29 is 14.3 Å². The van der Waals surface area contributed by atoms with Crippen LogP contribution in [0.3, 0.4) is 0 Å². The number of fused-ring (bicyclic) bond motifs is 1. The molecule has 27 heavy (non-hydrogen) atoms. The smallest absolute Gasteiger partial charge is 0.301 e. The minimum atomic E-state index is -0.976. The Labute approximate surface area is 213 Å². The van der Waals surface area contributed by atoms with Gasteiger partial charge in [0.1, 0.15) is 5.75 Å². The van der Waals surface area contributed by atoms with Gasteiger partial charge in [-0.25, -0.2) is 3.11 Å². The number of halogens is 4. The standard InChI is InChI=1S/C17H19I4N3O3/c1-9(2)23(10-4-3-5-22-8-10)15(25)11-6-13-14(7-12(11)18)27-17(19,20)16(26)24(13)21/h6-7,9-10,22H,3-5,8H2,1-2H3. The topological polar surface area (TPSA) is 61.9 Å². The van der Waals surface area contributed by atoms with Crippen LogP contribution in [-0.4, -0.2) is 43.5 Å². The normalized spacial score (nSPS) is 21.7. The van der Waals surface area contributed by atoms with Crippen molar-refractivity contribution in [2.75, 3.05) is 16.2 Å². The van der Waals surface area contributed by atoms with E-state index >= 15 is 0 Å². The summed E-state index contributed by atoms with van der Waals surface area (Å²) in [4.78, 5) is 28.0. The van der Waals surface area contributed by atoms with E-state index in [-0.39, 0.29) is 23.9 Å². The second kappa shape index (κ2) is 8.91. The summed E-state index contributed by atoms with van der Waals surface area (Å²) in [5.41, 5.74) is 1.24. The first-order valence-corrected chi connectivity index (χ1v) is 12.8. The van der Waals surface area contributed by atoms with Crippen molar-refractivity contribution in [2.45, 2.75) is 40.4 Å². The highest BCUT2D eigenvalue weighted by molar-refractivity contribution is 14.2. The van der Waals surface area contributed by atoms with E-state index in [1.54, 1.807) is 9.18 Å². The lowest BCUT2D eigenvalue weighted by Crippen LogP contribution is -2.51. The van der Waals surface area contributed by atoms with Gasteiger partial charge < -0.3 is 15.0 Å². The number of ether oxygens (including phenoxy) is 1. The molecule has 0 saturated carbocycles. The fourth-order valence-electron chi connectivity index (χ4n) is 3.38. The van der Waals surface area contributed by atoms with Crippen molar-refractivity contribution in [3.05, 3.63) is 21.3 Å². The van der Waals surface area contributed by atoms with Crippen LogP contribution in [0.25, 0.3) is 0 Å². The van der Waals surface area contributed by atoms with Crippen molar-refractivity contribution in [3.8, 4) is 5.75 Å². The van der Waals surface area contributed by atoms with Crippen LogP contribution in [-0.2, 0) is 4.79 Å². The molecule has 10 heteroatoms. The van der Waals surface area contributed by atoms with E-state index < -0.39 is 1.61 Å². The molecule has 1 N–H and O–H groups in total. The maximum Gasteiger partial charge on any atom is 0.301 e. The number of anilines is 1. The van der Waals surface area contributed by atoms with Gasteiger partial charge in [-0.1, -0.05) is 0 Å². The van der Waals surface area contributed by atoms with E-state index in [0.717, 1.165) is 29.5 Å². The van der Waals surface area contributed by atoms with E-state index in [9.17, 15) is 9.59 Å². The first-order valence-electron chi connectivity index (χ1n) is 8.57. The fourth-order valence-corrected chi connectivity index (χ4v) is 6.65. The third kappa shape index (κ3) is 4.62. The molecule has 0 spiro atoms. The molecule has 2 aliphatic rings. The molecule has 1 aromatic rings. The summed E-state index contributed by atoms with van der Waals surface area (Å²) < 4.78 is 7.28. The number of carbonyl (C=O) groups is 2. The molecule has 0 radical (unpaired) electrons. The zero-order valence-electron chi connectivity index (χ0n) is 14.8. The van der Waals surface area contributed by atoms with Crippen LogP contribution in [0.15, 0.2) is 12.1 Å². The van der Waals surface area contributed by atoms with Gasteiger partial charge in [-0.3, -0.25) is 9.59 Å². The highest BCUT2D eigenvalue weighted by atomic mass is 127. The maximum atomic E-state index is 13.5. The van der Waals surface area contributed by atoms with Crippen LogP contribution in [0.1, 0.15) is 37.0 Å². The first-order chi connectivity index (χ1) is 12.6. The Hall–Kier alpha value is 0.840. The van der Waals surface area contributed by atoms with Crippen molar-refractivity contribution >= 4 is 108 Å². The third-order valence-electron chi connectivity index (χ3n) is 4.61. The largest absolute Gasteiger partial charge is 0.456 e. The van der Waals surface area contributed by atoms with Gasteiger partial charge >= 0.3 is 5.91 Å². The van der Waals surface area contributed by atoms with Crippen molar-refractivity contribution in [3.63, 3.8) is 0 Å². The average molecular weight is 821 g/mol. The molecule has 1 unspecified atom stereocenters. The van der Waals surface area contributed by atoms with Crippen LogP contribution >= 0.6 is 90.6 Å². The number of alkyl halides is 2. The number of piperidine rings is 1. The van der Waals surface area contributed by atoms with Gasteiger partial charge in [0.05, 0.1) is 34.1 Å². The Morgan fingerprint density at radius 1 is 1.41 bits per heavy atom. The van der Waals surface area contributed by atoms with Gasteiger partial charge in [0.15, 0.2) is 0 Å². The number of nitrogens with one attached hydrogen (secondary N) is 1. The second-order valence-corrected chi connectivity index (χ2v) is 14.0. The molecular weight excluding hydrogens is 802 g/mol. The zero-order valence-corrected chi connectivity index (χ0v) is 23.4. The number of hydrogen-bond acceptors (Lipinski definition) is 4. The monoisotopic (exact) mass is 821 g/mol. The molecule has 3 rings (SSSR count). The van der Waals surface area contributed by atoms with Gasteiger partial charge in [0, 0.05) is 22.2 Å². The number of nitrogens with zero attached hydrogens (tertiary/aromatic N) is 2. The molecule has 148 valence electrons. The number of carbonyl (C=O) groups excluding carboxylic acids is 2. The van der Waals surface area contributed by atoms with Crippen LogP contribution in [0.5, 0.6) is 5.75 Å². The average Bonchev–Trinajstić information content (AvgIpc) is 2.60. The van der Waals surface area contributed by atoms with E-state index in [1.165, 1.54) is 0 Å². The van der Waals surface area contributed by atoms with E-state index in [1.807, 2.05) is 79.0 Å². The predicted molar refractivity (Wildman–Crippen MR) is 139 cm³/mol. The summed E-state index contributed by atoms with van der Waals surface area (Å²) in [5, 5.41) is 3.39. The minimum absolute atomic E-state index is 0.00364. The molecule has 0 aliphatic carbocycles. The summed E-state index contributed by atoms with van der Waals surface area (Å²) in [7, 11) is 0. The SMILES string of the molecule is CC(C)N(C(=O)c1cc2c(cc1I)OC(I)(I)C(=O)N2I)C1CCCNC1. The lowest BCUT2D eigenvalue weighted by Gasteiger charge is -2.38. The van der Waals surface area contributed by atoms with Crippen LogP contribution in [0, 0.1) is 3.57 Å². The molecule has 2 amide bonds. The Morgan fingerprint density at radius 2 is 2.11 bits per heavy atom. The molecule has 1 aromatic carbocycles. The maximum absolute atomic E-state index is 13.5. The molecule has 1 atom stereocenters. The summed E-state index contributed by atoms with van der Waals surface area (Å²) in [6.45, 7) is 5.92. The number of benzene rings is 1. The van der Waals surface area contributed by atoms with Gasteiger partial charge in [-0.15, -0.1) is 0 Å². The summed E-state index contributed by atoms with van der Waals surface area (Å²) in [6, 6.07) is 3.92. The van der Waals surface area contributed by atoms with E-state index in [2.05, 4.69) is 41.8 Å². The Kier molecular flexibility index (Phi) is 7.44. The van der Waals surface area contributed by atoms with Gasteiger partial charge in [-0.05, 0) is 113 Å². The van der Waals surface area contributed by atoms with E-state index in [0.29, 0.717) is 17.0 Å². The number of rotatable bonds is 3. The minimum Gasteiger partial charge on any atom is -0.456 e. The highest BCUT2D eigenvalue weighted by Crippen LogP contribution is 2.47. The molecule has 1 fully saturated rings. The molecule has 2 heterocycles. The third-order valence-corrected chi connectivity index (χ3v) is 7.82. The Bertz CT molecular complexity index is 766. The lowest BCUT2D eigenvalue weighted by atomic mass is 10.0. The van der Waals surface area contributed by atoms with Gasteiger partial charge in [-0.2, -0.15) is 0 Å². The lowest BCUT2D eigenvalue weighted by molar-refractivity contribution is -0.121. The second-order valence-electron chi connectivity index (χ2n) is 6.81. The summed E-state index contributed by atoms with van der Waals surface area (Å²) in [6.07, 6.45) is 2.07. The summed E-state index contributed by atoms with van der Waals surface area (Å²) in [5.74, 6) is 0.460. The van der Waals surface area contributed by atoms with Crippen LogP contribution in [0.4, 0.5) is 5.69 Å². The summed E-state index contributed by atoms with van der Waals surface area (Å²) >= 11 is 8.15. The van der Waals surface area contributed by atoms with E-state index in [4.69, 9.17) is 4.74 Å². The van der Waals surface area contributed by atoms with Gasteiger partial charge in [0.25, 0.3) is 7.52 Å².